The van der Waals surface area contributed by atoms with E-state index in [0.29, 0.717) is 0 Å². The molecule has 0 aromatic carbocycles. The van der Waals surface area contributed by atoms with Crippen LogP contribution in [0, 0.1) is 5.92 Å². The lowest BCUT2D eigenvalue weighted by Crippen LogP contribution is -2.65. The van der Waals surface area contributed by atoms with E-state index in [1.165, 1.54) is 32.1 Å². The van der Waals surface area contributed by atoms with Crippen LogP contribution < -0.4 is 0 Å². The summed E-state index contributed by atoms with van der Waals surface area (Å²) in [5.41, 5.74) is -1.26. The molecule has 8 heteroatoms. The van der Waals surface area contributed by atoms with Gasteiger partial charge in [-0.2, -0.15) is 0 Å². The normalized spacial score (nSPS) is 33.4. The van der Waals surface area contributed by atoms with Crippen LogP contribution in [0.4, 0.5) is 0 Å². The number of hydrogen-bond acceptors (Lipinski definition) is 8. The minimum atomic E-state index is -1.26. The van der Waals surface area contributed by atoms with Gasteiger partial charge in [-0.05, 0) is 18.2 Å². The standard InChI is InChI=1S/C16H16O8/c1-8(17)21-6-10-5-11-13(20)15(23-10)14-12(19)3-4-16(11,24-14)7-22-9(2)18/h3-5,11,14-15H,6-7H2,1-2H3. The molecule has 0 radical (unpaired) electrons. The molecule has 1 saturated heterocycles. The molecule has 8 nitrogen and oxygen atoms in total. The lowest BCUT2D eigenvalue weighted by molar-refractivity contribution is -0.208. The number of Topliss-reactive ketones (excluding diaryl/α,β-unsaturated/α-hetero) is 1. The highest BCUT2D eigenvalue weighted by Crippen LogP contribution is 2.42. The molecule has 0 aromatic rings. The molecular formula is C16H16O8. The third-order valence-corrected chi connectivity index (χ3v) is 4.09. The van der Waals surface area contributed by atoms with Crippen LogP contribution in [0.3, 0.4) is 0 Å². The van der Waals surface area contributed by atoms with Crippen molar-refractivity contribution in [1.82, 2.24) is 0 Å². The molecule has 0 N–H and O–H groups in total. The molecule has 128 valence electrons. The maximum atomic E-state index is 12.6. The number of ether oxygens (including phenoxy) is 4. The monoisotopic (exact) mass is 336 g/mol. The van der Waals surface area contributed by atoms with Gasteiger partial charge in [-0.15, -0.1) is 0 Å². The van der Waals surface area contributed by atoms with Gasteiger partial charge in [0.2, 0.25) is 0 Å². The summed E-state index contributed by atoms with van der Waals surface area (Å²) in [6.07, 6.45) is 2.03. The second kappa shape index (κ2) is 5.86. The van der Waals surface area contributed by atoms with E-state index in [-0.39, 0.29) is 24.8 Å². The molecule has 3 aliphatic rings. The van der Waals surface area contributed by atoms with Crippen molar-refractivity contribution in [2.45, 2.75) is 31.7 Å². The maximum absolute atomic E-state index is 12.6. The van der Waals surface area contributed by atoms with E-state index in [0.717, 1.165) is 0 Å². The van der Waals surface area contributed by atoms with Crippen molar-refractivity contribution in [3.05, 3.63) is 24.0 Å². The van der Waals surface area contributed by atoms with Crippen LogP contribution >= 0.6 is 0 Å². The Balaban J connectivity index is 1.95. The van der Waals surface area contributed by atoms with Crippen LogP contribution in [0.2, 0.25) is 0 Å². The van der Waals surface area contributed by atoms with Gasteiger partial charge in [0.05, 0.1) is 5.92 Å². The minimum absolute atomic E-state index is 0.149. The van der Waals surface area contributed by atoms with Crippen molar-refractivity contribution in [2.24, 2.45) is 5.92 Å². The van der Waals surface area contributed by atoms with Crippen LogP contribution in [-0.2, 0) is 38.1 Å². The molecule has 0 saturated carbocycles. The highest BCUT2D eigenvalue weighted by Gasteiger charge is 2.59. The molecule has 24 heavy (non-hydrogen) atoms. The zero-order valence-corrected chi connectivity index (χ0v) is 13.1. The third kappa shape index (κ3) is 2.73. The lowest BCUT2D eigenvalue weighted by atomic mass is 9.73. The summed E-state index contributed by atoms with van der Waals surface area (Å²) in [6.45, 7) is 2.14. The van der Waals surface area contributed by atoms with Crippen LogP contribution in [0.1, 0.15) is 13.8 Å². The Bertz CT molecular complexity index is 676. The largest absolute Gasteiger partial charge is 0.480 e. The van der Waals surface area contributed by atoms with Crippen LogP contribution in [0.5, 0.6) is 0 Å². The summed E-state index contributed by atoms with van der Waals surface area (Å²) in [5.74, 6) is -2.30. The number of hydrogen-bond donors (Lipinski definition) is 0. The van der Waals surface area contributed by atoms with Crippen LogP contribution in [0.25, 0.3) is 0 Å². The Hall–Kier alpha value is -2.48. The summed E-state index contributed by atoms with van der Waals surface area (Å²) in [6, 6.07) is 0. The Morgan fingerprint density at radius 1 is 1.17 bits per heavy atom. The van der Waals surface area contributed by atoms with E-state index >= 15 is 0 Å². The number of carbonyl (C=O) groups is 4. The molecule has 0 aliphatic carbocycles. The van der Waals surface area contributed by atoms with Crippen molar-refractivity contribution in [2.75, 3.05) is 13.2 Å². The highest BCUT2D eigenvalue weighted by molar-refractivity contribution is 6.03. The average Bonchev–Trinajstić information content (AvgIpc) is 2.52. The molecule has 3 rings (SSSR count). The average molecular weight is 336 g/mol. The second-order valence-corrected chi connectivity index (χ2v) is 5.84. The Morgan fingerprint density at radius 3 is 2.54 bits per heavy atom. The topological polar surface area (TPSA) is 105 Å². The van der Waals surface area contributed by atoms with Gasteiger partial charge in [-0.1, -0.05) is 0 Å². The molecule has 3 heterocycles. The fourth-order valence-corrected chi connectivity index (χ4v) is 2.98. The van der Waals surface area contributed by atoms with Crippen molar-refractivity contribution in [3.63, 3.8) is 0 Å². The fraction of sp³-hybridized carbons (Fsp3) is 0.500. The maximum Gasteiger partial charge on any atom is 0.303 e. The first kappa shape index (κ1) is 16.4. The Kier molecular flexibility index (Phi) is 4.00. The van der Waals surface area contributed by atoms with Crippen molar-refractivity contribution >= 4 is 23.5 Å². The van der Waals surface area contributed by atoms with E-state index in [4.69, 9.17) is 18.9 Å². The van der Waals surface area contributed by atoms with E-state index in [2.05, 4.69) is 0 Å². The summed E-state index contributed by atoms with van der Waals surface area (Å²) >= 11 is 0. The first-order valence-corrected chi connectivity index (χ1v) is 7.41. The smallest absolute Gasteiger partial charge is 0.303 e. The first-order valence-electron chi connectivity index (χ1n) is 7.41. The molecule has 0 aromatic heterocycles. The first-order chi connectivity index (χ1) is 11.3. The molecule has 4 unspecified atom stereocenters. The number of fused-ring (bicyclic) bond motifs is 6. The molecule has 0 spiro atoms. The summed E-state index contributed by atoms with van der Waals surface area (Å²) in [7, 11) is 0. The van der Waals surface area contributed by atoms with E-state index in [9.17, 15) is 19.2 Å². The zero-order valence-electron chi connectivity index (χ0n) is 13.1. The molecular weight excluding hydrogens is 320 g/mol. The van der Waals surface area contributed by atoms with E-state index < -0.39 is 41.4 Å². The van der Waals surface area contributed by atoms with Gasteiger partial charge < -0.3 is 18.9 Å². The second-order valence-electron chi connectivity index (χ2n) is 5.84. The predicted molar refractivity (Wildman–Crippen MR) is 76.5 cm³/mol. The van der Waals surface area contributed by atoms with Crippen molar-refractivity contribution in [3.8, 4) is 0 Å². The summed E-state index contributed by atoms with van der Waals surface area (Å²) < 4.78 is 21.2. The Labute approximate surface area is 137 Å². The van der Waals surface area contributed by atoms with Crippen LogP contribution in [-0.4, -0.2) is 54.5 Å². The molecule has 0 amide bonds. The van der Waals surface area contributed by atoms with Gasteiger partial charge >= 0.3 is 11.9 Å². The third-order valence-electron chi connectivity index (χ3n) is 4.09. The zero-order chi connectivity index (χ0) is 17.5. The van der Waals surface area contributed by atoms with Gasteiger partial charge in [-0.25, -0.2) is 0 Å². The molecule has 1 fully saturated rings. The molecule has 4 atom stereocenters. The molecule has 3 aliphatic heterocycles. The lowest BCUT2D eigenvalue weighted by Gasteiger charge is -2.49. The van der Waals surface area contributed by atoms with E-state index in [1.807, 2.05) is 0 Å². The SMILES string of the molecule is CC(=O)OCC1=CC2C(=O)C(O1)C1OC2(COC(C)=O)C=CC1=O. The van der Waals surface area contributed by atoms with Crippen molar-refractivity contribution < 1.29 is 38.1 Å². The van der Waals surface area contributed by atoms with Gasteiger partial charge in [0.15, 0.2) is 23.8 Å². The fourth-order valence-electron chi connectivity index (χ4n) is 2.98. The number of rotatable bonds is 4. The minimum Gasteiger partial charge on any atom is -0.480 e. The van der Waals surface area contributed by atoms with Gasteiger partial charge in [-0.3, -0.25) is 19.2 Å². The van der Waals surface area contributed by atoms with E-state index in [1.54, 1.807) is 0 Å². The number of ketones is 2. The van der Waals surface area contributed by atoms with Crippen molar-refractivity contribution in [1.29, 1.82) is 0 Å². The highest BCUT2D eigenvalue weighted by atomic mass is 16.6. The predicted octanol–water partition coefficient (Wildman–Crippen LogP) is -0.143. The number of esters is 2. The van der Waals surface area contributed by atoms with Gasteiger partial charge in [0, 0.05) is 13.8 Å². The summed E-state index contributed by atoms with van der Waals surface area (Å²) in [4.78, 5) is 46.8. The van der Waals surface area contributed by atoms with Crippen LogP contribution in [0.15, 0.2) is 24.0 Å². The van der Waals surface area contributed by atoms with Gasteiger partial charge in [0.1, 0.15) is 24.6 Å². The summed E-state index contributed by atoms with van der Waals surface area (Å²) in [5, 5.41) is 0. The Morgan fingerprint density at radius 2 is 1.88 bits per heavy atom. The quantitative estimate of drug-likeness (QED) is 0.653. The number of carbonyl (C=O) groups excluding carboxylic acids is 4. The van der Waals surface area contributed by atoms with Gasteiger partial charge in [0.25, 0.3) is 0 Å². The molecule has 4 bridgehead atoms.